The van der Waals surface area contributed by atoms with Crippen LogP contribution < -0.4 is 5.32 Å². The third-order valence-electron chi connectivity index (χ3n) is 4.35. The molecule has 0 spiro atoms. The van der Waals surface area contributed by atoms with Crippen LogP contribution in [0.4, 0.5) is 0 Å². The number of nitrogens with zero attached hydrogens (tertiary/aromatic N) is 1. The molecule has 1 saturated heterocycles. The van der Waals surface area contributed by atoms with Crippen molar-refractivity contribution in [1.82, 2.24) is 10.2 Å². The van der Waals surface area contributed by atoms with Crippen LogP contribution in [0.1, 0.15) is 52.4 Å². The summed E-state index contributed by atoms with van der Waals surface area (Å²) in [5.41, 5.74) is 0. The van der Waals surface area contributed by atoms with Crippen LogP contribution in [0.25, 0.3) is 0 Å². The SMILES string of the molecule is CCCNC1CCN(C2CCCCC2C)C1=O. The van der Waals surface area contributed by atoms with Gasteiger partial charge in [-0.25, -0.2) is 0 Å². The third-order valence-corrected chi connectivity index (χ3v) is 4.35. The zero-order chi connectivity index (χ0) is 12.3. The molecule has 17 heavy (non-hydrogen) atoms. The molecular weight excluding hydrogens is 212 g/mol. The van der Waals surface area contributed by atoms with Gasteiger partial charge >= 0.3 is 0 Å². The molecule has 3 heteroatoms. The number of nitrogens with one attached hydrogen (secondary N) is 1. The van der Waals surface area contributed by atoms with Crippen LogP contribution in [0, 0.1) is 5.92 Å². The van der Waals surface area contributed by atoms with Crippen molar-refractivity contribution in [2.24, 2.45) is 5.92 Å². The van der Waals surface area contributed by atoms with E-state index in [1.54, 1.807) is 0 Å². The highest BCUT2D eigenvalue weighted by Gasteiger charge is 2.38. The number of likely N-dealkylation sites (tertiary alicyclic amines) is 1. The molecule has 0 radical (unpaired) electrons. The van der Waals surface area contributed by atoms with Crippen molar-refractivity contribution in [2.75, 3.05) is 13.1 Å². The number of carbonyl (C=O) groups excluding carboxylic acids is 1. The standard InChI is InChI=1S/C14H26N2O/c1-3-9-15-12-8-10-16(14(12)17)13-7-5-4-6-11(13)2/h11-13,15H,3-10H2,1-2H3. The largest absolute Gasteiger partial charge is 0.338 e. The van der Waals surface area contributed by atoms with Crippen molar-refractivity contribution >= 4 is 5.91 Å². The van der Waals surface area contributed by atoms with Gasteiger partial charge < -0.3 is 10.2 Å². The Hall–Kier alpha value is -0.570. The summed E-state index contributed by atoms with van der Waals surface area (Å²) in [4.78, 5) is 14.5. The Labute approximate surface area is 105 Å². The molecule has 0 aromatic heterocycles. The van der Waals surface area contributed by atoms with E-state index in [0.717, 1.165) is 25.9 Å². The summed E-state index contributed by atoms with van der Waals surface area (Å²) in [6.45, 7) is 6.39. The second-order valence-corrected chi connectivity index (χ2v) is 5.66. The zero-order valence-corrected chi connectivity index (χ0v) is 11.2. The van der Waals surface area contributed by atoms with E-state index < -0.39 is 0 Å². The minimum atomic E-state index is 0.101. The van der Waals surface area contributed by atoms with Crippen LogP contribution in [0.5, 0.6) is 0 Å². The smallest absolute Gasteiger partial charge is 0.240 e. The quantitative estimate of drug-likeness (QED) is 0.814. The van der Waals surface area contributed by atoms with Crippen molar-refractivity contribution in [2.45, 2.75) is 64.5 Å². The fraction of sp³-hybridized carbons (Fsp3) is 0.929. The molecule has 1 N–H and O–H groups in total. The van der Waals surface area contributed by atoms with Gasteiger partial charge in [0.1, 0.15) is 0 Å². The molecule has 3 unspecified atom stereocenters. The molecule has 1 aliphatic carbocycles. The molecule has 0 aromatic rings. The van der Waals surface area contributed by atoms with Gasteiger partial charge in [0.15, 0.2) is 0 Å². The maximum Gasteiger partial charge on any atom is 0.240 e. The monoisotopic (exact) mass is 238 g/mol. The first-order valence-corrected chi connectivity index (χ1v) is 7.28. The first kappa shape index (κ1) is 12.9. The lowest BCUT2D eigenvalue weighted by Crippen LogP contribution is -2.46. The van der Waals surface area contributed by atoms with Crippen molar-refractivity contribution < 1.29 is 4.79 Å². The Kier molecular flexibility index (Phi) is 4.43. The molecular formula is C14H26N2O. The molecule has 3 atom stereocenters. The highest BCUT2D eigenvalue weighted by Crippen LogP contribution is 2.30. The van der Waals surface area contributed by atoms with Crippen LogP contribution in [0.2, 0.25) is 0 Å². The summed E-state index contributed by atoms with van der Waals surface area (Å²) in [6.07, 6.45) is 7.25. The number of hydrogen-bond donors (Lipinski definition) is 1. The topological polar surface area (TPSA) is 32.3 Å². The van der Waals surface area contributed by atoms with Crippen LogP contribution in [-0.4, -0.2) is 36.0 Å². The van der Waals surface area contributed by atoms with Crippen molar-refractivity contribution in [3.63, 3.8) is 0 Å². The molecule has 1 amide bonds. The lowest BCUT2D eigenvalue weighted by molar-refractivity contribution is -0.132. The van der Waals surface area contributed by atoms with Crippen LogP contribution in [0.3, 0.4) is 0 Å². The Bertz CT molecular complexity index is 267. The Morgan fingerprint density at radius 3 is 2.76 bits per heavy atom. The highest BCUT2D eigenvalue weighted by molar-refractivity contribution is 5.84. The fourth-order valence-electron chi connectivity index (χ4n) is 3.30. The third kappa shape index (κ3) is 2.82. The van der Waals surface area contributed by atoms with Gasteiger partial charge in [0, 0.05) is 12.6 Å². The van der Waals surface area contributed by atoms with E-state index >= 15 is 0 Å². The van der Waals surface area contributed by atoms with Crippen molar-refractivity contribution in [3.05, 3.63) is 0 Å². The van der Waals surface area contributed by atoms with Gasteiger partial charge in [-0.3, -0.25) is 4.79 Å². The van der Waals surface area contributed by atoms with E-state index in [9.17, 15) is 4.79 Å². The van der Waals surface area contributed by atoms with Crippen LogP contribution in [0.15, 0.2) is 0 Å². The Morgan fingerprint density at radius 1 is 1.29 bits per heavy atom. The maximum atomic E-state index is 12.3. The molecule has 1 heterocycles. The average molecular weight is 238 g/mol. The first-order chi connectivity index (χ1) is 8.24. The molecule has 2 rings (SSSR count). The summed E-state index contributed by atoms with van der Waals surface area (Å²) < 4.78 is 0. The zero-order valence-electron chi connectivity index (χ0n) is 11.2. The van der Waals surface area contributed by atoms with E-state index in [4.69, 9.17) is 0 Å². The second-order valence-electron chi connectivity index (χ2n) is 5.66. The van der Waals surface area contributed by atoms with Gasteiger partial charge in [-0.05, 0) is 38.1 Å². The van der Waals surface area contributed by atoms with E-state index in [1.165, 1.54) is 25.7 Å². The van der Waals surface area contributed by atoms with E-state index in [0.29, 0.717) is 17.9 Å². The number of carbonyl (C=O) groups is 1. The van der Waals surface area contributed by atoms with Crippen LogP contribution in [-0.2, 0) is 4.79 Å². The van der Waals surface area contributed by atoms with E-state index in [2.05, 4.69) is 24.1 Å². The fourth-order valence-corrected chi connectivity index (χ4v) is 3.30. The summed E-state index contributed by atoms with van der Waals surface area (Å²) in [5, 5.41) is 3.37. The Morgan fingerprint density at radius 2 is 2.06 bits per heavy atom. The molecule has 1 saturated carbocycles. The highest BCUT2D eigenvalue weighted by atomic mass is 16.2. The molecule has 0 aromatic carbocycles. The van der Waals surface area contributed by atoms with E-state index in [-0.39, 0.29) is 6.04 Å². The van der Waals surface area contributed by atoms with Gasteiger partial charge in [-0.1, -0.05) is 26.7 Å². The minimum absolute atomic E-state index is 0.101. The van der Waals surface area contributed by atoms with Gasteiger partial charge in [0.2, 0.25) is 5.91 Å². The molecule has 1 aliphatic heterocycles. The number of hydrogen-bond acceptors (Lipinski definition) is 2. The van der Waals surface area contributed by atoms with Gasteiger partial charge in [-0.15, -0.1) is 0 Å². The van der Waals surface area contributed by atoms with Gasteiger partial charge in [-0.2, -0.15) is 0 Å². The predicted molar refractivity (Wildman–Crippen MR) is 69.8 cm³/mol. The first-order valence-electron chi connectivity index (χ1n) is 7.28. The molecule has 2 aliphatic rings. The summed E-state index contributed by atoms with van der Waals surface area (Å²) in [6, 6.07) is 0.619. The summed E-state index contributed by atoms with van der Waals surface area (Å²) in [7, 11) is 0. The van der Waals surface area contributed by atoms with E-state index in [1.807, 2.05) is 0 Å². The van der Waals surface area contributed by atoms with Crippen molar-refractivity contribution in [1.29, 1.82) is 0 Å². The predicted octanol–water partition coefficient (Wildman–Crippen LogP) is 2.17. The molecule has 3 nitrogen and oxygen atoms in total. The van der Waals surface area contributed by atoms with Gasteiger partial charge in [0.25, 0.3) is 0 Å². The normalized spacial score (nSPS) is 34.4. The van der Waals surface area contributed by atoms with Crippen molar-refractivity contribution in [3.8, 4) is 0 Å². The lowest BCUT2D eigenvalue weighted by atomic mass is 9.85. The molecule has 98 valence electrons. The lowest BCUT2D eigenvalue weighted by Gasteiger charge is -2.36. The summed E-state index contributed by atoms with van der Waals surface area (Å²) >= 11 is 0. The van der Waals surface area contributed by atoms with Crippen LogP contribution >= 0.6 is 0 Å². The molecule has 2 fully saturated rings. The molecule has 0 bridgehead atoms. The Balaban J connectivity index is 1.91. The minimum Gasteiger partial charge on any atom is -0.338 e. The maximum absolute atomic E-state index is 12.3. The van der Waals surface area contributed by atoms with Gasteiger partial charge in [0.05, 0.1) is 6.04 Å². The second kappa shape index (κ2) is 5.85. The average Bonchev–Trinajstić information content (AvgIpc) is 2.69. The summed E-state index contributed by atoms with van der Waals surface area (Å²) in [5.74, 6) is 1.05. The number of rotatable bonds is 4. The number of amides is 1.